The maximum absolute atomic E-state index is 9.77. The zero-order valence-corrected chi connectivity index (χ0v) is 9.32. The Morgan fingerprint density at radius 1 is 1.19 bits per heavy atom. The zero-order valence-electron chi connectivity index (χ0n) is 8.51. The molecule has 4 nitrogen and oxygen atoms in total. The summed E-state index contributed by atoms with van der Waals surface area (Å²) in [4.78, 5) is 0.643. The first-order chi connectivity index (χ1) is 7.70. The van der Waals surface area contributed by atoms with E-state index in [9.17, 15) is 5.11 Å². The molecule has 0 unspecified atom stereocenters. The second-order valence-corrected chi connectivity index (χ2v) is 4.17. The van der Waals surface area contributed by atoms with Gasteiger partial charge in [0.2, 0.25) is 0 Å². The van der Waals surface area contributed by atoms with Crippen molar-refractivity contribution in [3.05, 3.63) is 35.9 Å². The van der Waals surface area contributed by atoms with Crippen LogP contribution in [-0.2, 0) is 9.37 Å². The minimum Gasteiger partial charge on any atom is -0.507 e. The van der Waals surface area contributed by atoms with Crippen molar-refractivity contribution in [2.24, 2.45) is 0 Å². The summed E-state index contributed by atoms with van der Waals surface area (Å²) in [6.45, 7) is 1.98. The Morgan fingerprint density at radius 3 is 2.75 bits per heavy atom. The highest BCUT2D eigenvalue weighted by molar-refractivity contribution is 7.94. The summed E-state index contributed by atoms with van der Waals surface area (Å²) in [5.41, 5.74) is 1.10. The van der Waals surface area contributed by atoms with Crippen molar-refractivity contribution in [1.29, 1.82) is 0 Å². The quantitative estimate of drug-likeness (QED) is 0.488. The molecule has 0 atom stereocenters. The summed E-state index contributed by atoms with van der Waals surface area (Å²) in [7, 11) is 0. The molecule has 0 fully saturated rings. The van der Waals surface area contributed by atoms with Gasteiger partial charge in [-0.1, -0.05) is 28.8 Å². The van der Waals surface area contributed by atoms with Crippen LogP contribution in [0.15, 0.2) is 35.2 Å². The molecule has 2 N–H and O–H groups in total. The lowest BCUT2D eigenvalue weighted by molar-refractivity contribution is -0.432. The van der Waals surface area contributed by atoms with Crippen LogP contribution in [-0.4, -0.2) is 10.4 Å². The molecule has 84 valence electrons. The molecule has 0 bridgehead atoms. The van der Waals surface area contributed by atoms with Gasteiger partial charge in [0.1, 0.15) is 5.75 Å². The molecular formula is C11H10O4S. The van der Waals surface area contributed by atoms with Gasteiger partial charge in [-0.15, -0.1) is 4.33 Å². The normalized spacial score (nSPS) is 10.9. The van der Waals surface area contributed by atoms with Crippen molar-refractivity contribution in [1.82, 2.24) is 0 Å². The predicted molar refractivity (Wildman–Crippen MR) is 61.0 cm³/mol. The summed E-state index contributed by atoms with van der Waals surface area (Å²) in [5.74, 6) is 0.168. The van der Waals surface area contributed by atoms with E-state index in [-0.39, 0.29) is 5.75 Å². The largest absolute Gasteiger partial charge is 0.507 e. The van der Waals surface area contributed by atoms with Crippen molar-refractivity contribution in [3.8, 4) is 5.75 Å². The van der Waals surface area contributed by atoms with Gasteiger partial charge in [-0.25, -0.2) is 5.26 Å². The van der Waals surface area contributed by atoms with Crippen LogP contribution in [0.3, 0.4) is 0 Å². The van der Waals surface area contributed by atoms with E-state index in [0.717, 1.165) is 28.4 Å². The molecule has 0 saturated carbocycles. The average molecular weight is 238 g/mol. The third kappa shape index (κ3) is 2.28. The van der Waals surface area contributed by atoms with E-state index in [1.54, 1.807) is 6.07 Å². The van der Waals surface area contributed by atoms with Crippen LogP contribution in [0.25, 0.3) is 10.8 Å². The molecular weight excluding hydrogens is 228 g/mol. The molecule has 0 radical (unpaired) electrons. The molecule has 0 heterocycles. The lowest BCUT2D eigenvalue weighted by atomic mass is 10.1. The van der Waals surface area contributed by atoms with Crippen LogP contribution < -0.4 is 0 Å². The lowest BCUT2D eigenvalue weighted by Gasteiger charge is -2.05. The second kappa shape index (κ2) is 4.71. The Balaban J connectivity index is 2.47. The molecule has 0 spiro atoms. The van der Waals surface area contributed by atoms with Crippen molar-refractivity contribution in [2.45, 2.75) is 11.8 Å². The second-order valence-electron chi connectivity index (χ2n) is 3.39. The summed E-state index contributed by atoms with van der Waals surface area (Å²) in [5, 5.41) is 23.0. The van der Waals surface area contributed by atoms with Crippen LogP contribution in [0.4, 0.5) is 0 Å². The molecule has 2 rings (SSSR count). The van der Waals surface area contributed by atoms with Gasteiger partial charge in [0.15, 0.2) is 0 Å². The summed E-state index contributed by atoms with van der Waals surface area (Å²) >= 11 is 0.823. The van der Waals surface area contributed by atoms with Crippen molar-refractivity contribution in [3.63, 3.8) is 0 Å². The molecule has 0 aromatic heterocycles. The molecule has 0 aliphatic heterocycles. The Kier molecular flexibility index (Phi) is 3.31. The number of aryl methyl sites for hydroxylation is 1. The third-order valence-electron chi connectivity index (χ3n) is 2.22. The number of phenolic OH excluding ortho intramolecular Hbond substituents is 1. The van der Waals surface area contributed by atoms with Crippen LogP contribution in [0.2, 0.25) is 0 Å². The van der Waals surface area contributed by atoms with E-state index in [0.29, 0.717) is 4.90 Å². The first-order valence-electron chi connectivity index (χ1n) is 4.59. The molecule has 2 aromatic rings. The van der Waals surface area contributed by atoms with E-state index in [4.69, 9.17) is 5.26 Å². The van der Waals surface area contributed by atoms with Crippen molar-refractivity contribution in [2.75, 3.05) is 0 Å². The Morgan fingerprint density at radius 2 is 2.00 bits per heavy atom. The lowest BCUT2D eigenvalue weighted by Crippen LogP contribution is -1.81. The monoisotopic (exact) mass is 238 g/mol. The molecule has 0 saturated heterocycles. The standard InChI is InChI=1S/C11H10O4S/c1-7-2-3-10-8(4-7)5-9(6-11(10)12)16-15-14-13/h2-6,12-13H,1H3. The predicted octanol–water partition coefficient (Wildman–Crippen LogP) is 3.28. The first kappa shape index (κ1) is 11.2. The Bertz CT molecular complexity index is 513. The van der Waals surface area contributed by atoms with Gasteiger partial charge in [-0.05, 0) is 24.4 Å². The Labute approximate surface area is 96.5 Å². The highest BCUT2D eigenvalue weighted by Gasteiger charge is 2.04. The SMILES string of the molecule is Cc1ccc2c(O)cc(SOOO)cc2c1. The number of aromatic hydroxyl groups is 1. The van der Waals surface area contributed by atoms with Gasteiger partial charge < -0.3 is 5.11 Å². The van der Waals surface area contributed by atoms with Gasteiger partial charge >= 0.3 is 0 Å². The minimum absolute atomic E-state index is 0.168. The molecule has 5 heteroatoms. The molecule has 0 aliphatic rings. The smallest absolute Gasteiger partial charge is 0.124 e. The minimum atomic E-state index is 0.168. The van der Waals surface area contributed by atoms with Gasteiger partial charge in [0.05, 0.1) is 12.0 Å². The highest BCUT2D eigenvalue weighted by atomic mass is 32.2. The number of phenols is 1. The van der Waals surface area contributed by atoms with Crippen LogP contribution in [0.1, 0.15) is 5.56 Å². The summed E-state index contributed by atoms with van der Waals surface area (Å²) in [6.07, 6.45) is 0. The fourth-order valence-corrected chi connectivity index (χ4v) is 1.99. The van der Waals surface area contributed by atoms with E-state index >= 15 is 0 Å². The average Bonchev–Trinajstić information content (AvgIpc) is 2.25. The number of hydrogen-bond donors (Lipinski definition) is 2. The number of rotatable bonds is 3. The maximum atomic E-state index is 9.77. The molecule has 0 aliphatic carbocycles. The van der Waals surface area contributed by atoms with Gasteiger partial charge in [-0.3, -0.25) is 0 Å². The van der Waals surface area contributed by atoms with E-state index < -0.39 is 0 Å². The first-order valence-corrected chi connectivity index (χ1v) is 5.33. The zero-order chi connectivity index (χ0) is 11.5. The summed E-state index contributed by atoms with van der Waals surface area (Å²) in [6, 6.07) is 9.13. The number of benzene rings is 2. The Hall–Kier alpha value is -1.27. The van der Waals surface area contributed by atoms with Crippen LogP contribution in [0.5, 0.6) is 5.75 Å². The maximum Gasteiger partial charge on any atom is 0.124 e. The fourth-order valence-electron chi connectivity index (χ4n) is 1.54. The van der Waals surface area contributed by atoms with Crippen LogP contribution >= 0.6 is 12.0 Å². The molecule has 2 aromatic carbocycles. The van der Waals surface area contributed by atoms with E-state index in [1.807, 2.05) is 31.2 Å². The van der Waals surface area contributed by atoms with E-state index in [1.165, 1.54) is 0 Å². The van der Waals surface area contributed by atoms with Crippen molar-refractivity contribution >= 4 is 22.8 Å². The molecule has 16 heavy (non-hydrogen) atoms. The fraction of sp³-hybridized carbons (Fsp3) is 0.0909. The summed E-state index contributed by atoms with van der Waals surface area (Å²) < 4.78 is 4.31. The van der Waals surface area contributed by atoms with Gasteiger partial charge in [0.25, 0.3) is 0 Å². The number of fused-ring (bicyclic) bond motifs is 1. The number of hydrogen-bond acceptors (Lipinski definition) is 5. The highest BCUT2D eigenvalue weighted by Crippen LogP contribution is 2.32. The van der Waals surface area contributed by atoms with Gasteiger partial charge in [0, 0.05) is 10.3 Å². The van der Waals surface area contributed by atoms with E-state index in [2.05, 4.69) is 9.37 Å². The van der Waals surface area contributed by atoms with Crippen molar-refractivity contribution < 1.29 is 19.7 Å². The van der Waals surface area contributed by atoms with Crippen LogP contribution in [0, 0.1) is 6.92 Å². The molecule has 0 amide bonds. The van der Waals surface area contributed by atoms with Gasteiger partial charge in [-0.2, -0.15) is 0 Å². The third-order valence-corrected chi connectivity index (χ3v) is 2.78. The topological polar surface area (TPSA) is 58.9 Å².